The smallest absolute Gasteiger partial charge is 0.233 e. The van der Waals surface area contributed by atoms with Gasteiger partial charge in [0.25, 0.3) is 0 Å². The molecule has 0 aliphatic rings. The van der Waals surface area contributed by atoms with Crippen molar-refractivity contribution < 1.29 is 9.59 Å². The molecule has 3 aromatic carbocycles. The number of hydrogen-bond acceptors (Lipinski definition) is 2. The van der Waals surface area contributed by atoms with E-state index in [1.807, 2.05) is 55.5 Å². The molecule has 2 nitrogen and oxygen atoms in total. The van der Waals surface area contributed by atoms with Crippen LogP contribution in [0.3, 0.4) is 0 Å². The number of Topliss-reactive ketones (excluding diaryl/α,β-unsaturated/α-hetero) is 2. The number of ketones is 2. The second kappa shape index (κ2) is 6.41. The lowest BCUT2D eigenvalue weighted by Gasteiger charge is -2.10. The van der Waals surface area contributed by atoms with Crippen molar-refractivity contribution in [2.45, 2.75) is 6.92 Å². The highest BCUT2D eigenvalue weighted by atomic mass is 16.2. The van der Waals surface area contributed by atoms with Crippen LogP contribution in [0.15, 0.2) is 78.9 Å². The molecule has 0 atom stereocenters. The molecule has 2 heteroatoms. The van der Waals surface area contributed by atoms with Crippen LogP contribution in [0.5, 0.6) is 0 Å². The average molecular weight is 300 g/mol. The van der Waals surface area contributed by atoms with Crippen LogP contribution in [-0.2, 0) is 0 Å². The minimum atomic E-state index is -0.473. The molecule has 0 aromatic heterocycles. The molecule has 0 aliphatic heterocycles. The summed E-state index contributed by atoms with van der Waals surface area (Å²) in [6.07, 6.45) is 0. The fourth-order valence-corrected chi connectivity index (χ4v) is 2.66. The summed E-state index contributed by atoms with van der Waals surface area (Å²) in [4.78, 5) is 25.0. The molecule has 0 saturated carbocycles. The number of benzene rings is 3. The highest BCUT2D eigenvalue weighted by Gasteiger charge is 2.21. The second-order valence-corrected chi connectivity index (χ2v) is 5.37. The van der Waals surface area contributed by atoms with Crippen LogP contribution in [0.25, 0.3) is 11.1 Å². The lowest BCUT2D eigenvalue weighted by molar-refractivity contribution is 0.0816. The largest absolute Gasteiger partial charge is 0.285 e. The summed E-state index contributed by atoms with van der Waals surface area (Å²) in [5.41, 5.74) is 3.71. The van der Waals surface area contributed by atoms with Crippen molar-refractivity contribution >= 4 is 11.6 Å². The Hall–Kier alpha value is -3.00. The van der Waals surface area contributed by atoms with Crippen LogP contribution in [-0.4, -0.2) is 11.6 Å². The minimum Gasteiger partial charge on any atom is -0.285 e. The summed E-state index contributed by atoms with van der Waals surface area (Å²) in [5, 5.41) is 0. The maximum Gasteiger partial charge on any atom is 0.233 e. The van der Waals surface area contributed by atoms with Crippen LogP contribution < -0.4 is 0 Å². The van der Waals surface area contributed by atoms with Gasteiger partial charge in [-0.3, -0.25) is 9.59 Å². The van der Waals surface area contributed by atoms with Crippen molar-refractivity contribution in [3.63, 3.8) is 0 Å². The van der Waals surface area contributed by atoms with Gasteiger partial charge in [-0.15, -0.1) is 0 Å². The first kappa shape index (κ1) is 14.9. The van der Waals surface area contributed by atoms with E-state index in [1.54, 1.807) is 30.3 Å². The lowest BCUT2D eigenvalue weighted by Crippen LogP contribution is -2.15. The second-order valence-electron chi connectivity index (χ2n) is 5.37. The Labute approximate surface area is 135 Å². The minimum absolute atomic E-state index is 0.419. The SMILES string of the molecule is Cc1c(C(=O)C(=O)c2ccccc2)cccc1-c1ccccc1. The van der Waals surface area contributed by atoms with Crippen LogP contribution in [0.1, 0.15) is 26.3 Å². The van der Waals surface area contributed by atoms with Crippen LogP contribution in [0.2, 0.25) is 0 Å². The first-order chi connectivity index (χ1) is 11.2. The van der Waals surface area contributed by atoms with Gasteiger partial charge in [0.1, 0.15) is 0 Å². The molecule has 0 saturated heterocycles. The fourth-order valence-electron chi connectivity index (χ4n) is 2.66. The van der Waals surface area contributed by atoms with Gasteiger partial charge in [0.15, 0.2) is 0 Å². The third-order valence-electron chi connectivity index (χ3n) is 3.91. The van der Waals surface area contributed by atoms with Gasteiger partial charge in [-0.1, -0.05) is 78.9 Å². The van der Waals surface area contributed by atoms with Crippen molar-refractivity contribution in [3.05, 3.63) is 95.6 Å². The Morgan fingerprint density at radius 3 is 1.91 bits per heavy atom. The van der Waals surface area contributed by atoms with Gasteiger partial charge in [-0.05, 0) is 23.6 Å². The molecular weight excluding hydrogens is 284 g/mol. The molecule has 0 unspecified atom stereocenters. The molecule has 0 radical (unpaired) electrons. The van der Waals surface area contributed by atoms with E-state index in [1.165, 1.54) is 0 Å². The zero-order chi connectivity index (χ0) is 16.2. The van der Waals surface area contributed by atoms with E-state index >= 15 is 0 Å². The average Bonchev–Trinajstić information content (AvgIpc) is 2.62. The van der Waals surface area contributed by atoms with Gasteiger partial charge in [-0.25, -0.2) is 0 Å². The Balaban J connectivity index is 2.01. The molecular formula is C21H16O2. The van der Waals surface area contributed by atoms with E-state index in [0.717, 1.165) is 16.7 Å². The molecule has 3 aromatic rings. The normalized spacial score (nSPS) is 10.3. The Morgan fingerprint density at radius 2 is 1.26 bits per heavy atom. The maximum absolute atomic E-state index is 12.6. The van der Waals surface area contributed by atoms with Gasteiger partial charge >= 0.3 is 0 Å². The standard InChI is InChI=1S/C21H16O2/c1-15-18(16-9-4-2-5-10-16)13-8-14-19(15)21(23)20(22)17-11-6-3-7-12-17/h2-14H,1H3. The van der Waals surface area contributed by atoms with Gasteiger partial charge in [0.05, 0.1) is 0 Å². The fraction of sp³-hybridized carbons (Fsp3) is 0.0476. The van der Waals surface area contributed by atoms with Gasteiger partial charge in [-0.2, -0.15) is 0 Å². The van der Waals surface area contributed by atoms with Crippen LogP contribution >= 0.6 is 0 Å². The van der Waals surface area contributed by atoms with Crippen molar-refractivity contribution in [1.82, 2.24) is 0 Å². The summed E-state index contributed by atoms with van der Waals surface area (Å²) >= 11 is 0. The Bertz CT molecular complexity index is 850. The monoisotopic (exact) mass is 300 g/mol. The zero-order valence-electron chi connectivity index (χ0n) is 12.8. The molecule has 0 spiro atoms. The molecule has 0 aliphatic carbocycles. The number of carbonyl (C=O) groups is 2. The summed E-state index contributed by atoms with van der Waals surface area (Å²) in [7, 11) is 0. The first-order valence-corrected chi connectivity index (χ1v) is 7.47. The third-order valence-corrected chi connectivity index (χ3v) is 3.91. The van der Waals surface area contributed by atoms with E-state index in [-0.39, 0.29) is 0 Å². The summed E-state index contributed by atoms with van der Waals surface area (Å²) in [6, 6.07) is 24.0. The van der Waals surface area contributed by atoms with Gasteiger partial charge < -0.3 is 0 Å². The van der Waals surface area contributed by atoms with E-state index in [0.29, 0.717) is 11.1 Å². The number of hydrogen-bond donors (Lipinski definition) is 0. The Kier molecular flexibility index (Phi) is 4.15. The van der Waals surface area contributed by atoms with Crippen molar-refractivity contribution in [2.75, 3.05) is 0 Å². The first-order valence-electron chi connectivity index (χ1n) is 7.47. The highest BCUT2D eigenvalue weighted by molar-refractivity contribution is 6.49. The van der Waals surface area contributed by atoms with Crippen molar-refractivity contribution in [2.24, 2.45) is 0 Å². The summed E-state index contributed by atoms with van der Waals surface area (Å²) < 4.78 is 0. The van der Waals surface area contributed by atoms with Crippen molar-refractivity contribution in [3.8, 4) is 11.1 Å². The molecule has 0 heterocycles. The highest BCUT2D eigenvalue weighted by Crippen LogP contribution is 2.26. The van der Waals surface area contributed by atoms with E-state index in [2.05, 4.69) is 0 Å². The number of carbonyl (C=O) groups excluding carboxylic acids is 2. The maximum atomic E-state index is 12.6. The predicted octanol–water partition coefficient (Wildman–Crippen LogP) is 4.73. The van der Waals surface area contributed by atoms with Crippen LogP contribution in [0.4, 0.5) is 0 Å². The van der Waals surface area contributed by atoms with E-state index in [9.17, 15) is 9.59 Å². The molecule has 0 fully saturated rings. The molecule has 23 heavy (non-hydrogen) atoms. The predicted molar refractivity (Wildman–Crippen MR) is 91.7 cm³/mol. The summed E-state index contributed by atoms with van der Waals surface area (Å²) in [5.74, 6) is -0.939. The topological polar surface area (TPSA) is 34.1 Å². The van der Waals surface area contributed by atoms with Crippen LogP contribution in [0, 0.1) is 6.92 Å². The molecule has 0 amide bonds. The van der Waals surface area contributed by atoms with Crippen molar-refractivity contribution in [1.29, 1.82) is 0 Å². The van der Waals surface area contributed by atoms with E-state index < -0.39 is 11.6 Å². The molecule has 0 bridgehead atoms. The lowest BCUT2D eigenvalue weighted by atomic mass is 9.92. The molecule has 112 valence electrons. The van der Waals surface area contributed by atoms with E-state index in [4.69, 9.17) is 0 Å². The summed E-state index contributed by atoms with van der Waals surface area (Å²) in [6.45, 7) is 1.88. The Morgan fingerprint density at radius 1 is 0.652 bits per heavy atom. The molecule has 3 rings (SSSR count). The molecule has 0 N–H and O–H groups in total. The quantitative estimate of drug-likeness (QED) is 0.516. The zero-order valence-corrected chi connectivity index (χ0v) is 12.8. The number of rotatable bonds is 4. The van der Waals surface area contributed by atoms with Gasteiger partial charge in [0, 0.05) is 11.1 Å². The van der Waals surface area contributed by atoms with Gasteiger partial charge in [0.2, 0.25) is 11.6 Å². The third kappa shape index (κ3) is 2.97.